The highest BCUT2D eigenvalue weighted by atomic mass is 35.5. The van der Waals surface area contributed by atoms with Crippen LogP contribution in [0.5, 0.6) is 0 Å². The van der Waals surface area contributed by atoms with Gasteiger partial charge in [0.15, 0.2) is 11.4 Å². The normalized spacial score (nSPS) is 29.7. The lowest BCUT2D eigenvalue weighted by molar-refractivity contribution is -0.154. The second-order valence-electron chi connectivity index (χ2n) is 10.3. The van der Waals surface area contributed by atoms with Crippen LogP contribution in [0.3, 0.4) is 0 Å². The second-order valence-corrected chi connectivity index (χ2v) is 10.7. The first-order chi connectivity index (χ1) is 17.6. The quantitative estimate of drug-likeness (QED) is 0.453. The molecule has 0 spiro atoms. The summed E-state index contributed by atoms with van der Waals surface area (Å²) < 4.78 is 1.33. The Hall–Kier alpha value is -3.79. The number of nitrogens with zero attached hydrogens (tertiary/aromatic N) is 4. The molecule has 0 radical (unpaired) electrons. The number of carbonyl (C=O) groups is 4. The number of carboxylic acid groups (broad SMARTS) is 1. The summed E-state index contributed by atoms with van der Waals surface area (Å²) in [5.74, 6) is -2.89. The van der Waals surface area contributed by atoms with Crippen LogP contribution in [-0.2, 0) is 20.9 Å². The van der Waals surface area contributed by atoms with Crippen molar-refractivity contribution in [2.24, 2.45) is 17.1 Å². The minimum absolute atomic E-state index is 0.158. The first-order valence-corrected chi connectivity index (χ1v) is 12.4. The standard InChI is InChI=1S/C26H24ClN5O5/c1-13(33)21-17-6-3-7-29-22(17)31(30-21)12-20(34)32-19(23(35)36)9-15-10-26(15,32)25(24(28)37)11-18(25)14-4-2-5-16(27)8-14/h2-8,15,18-19H,9-12H2,1H3,(H2,28,37)(H,35,36)/t15-,18+,19-,25+,26-/m0/s1. The number of aromatic nitrogens is 3. The van der Waals surface area contributed by atoms with E-state index in [1.54, 1.807) is 30.3 Å². The van der Waals surface area contributed by atoms with E-state index >= 15 is 0 Å². The zero-order valence-electron chi connectivity index (χ0n) is 19.9. The number of hydrogen-bond donors (Lipinski definition) is 2. The molecule has 3 heterocycles. The Balaban J connectivity index is 1.41. The number of primary amides is 1. The number of hydrogen-bond acceptors (Lipinski definition) is 6. The predicted octanol–water partition coefficient (Wildman–Crippen LogP) is 2.39. The summed E-state index contributed by atoms with van der Waals surface area (Å²) in [6.45, 7) is 1.06. The van der Waals surface area contributed by atoms with Gasteiger partial charge in [0, 0.05) is 24.1 Å². The smallest absolute Gasteiger partial charge is 0.326 e. The first-order valence-electron chi connectivity index (χ1n) is 12.0. The van der Waals surface area contributed by atoms with E-state index in [1.165, 1.54) is 22.7 Å². The molecule has 2 aromatic heterocycles. The summed E-state index contributed by atoms with van der Waals surface area (Å²) in [5, 5.41) is 15.4. The summed E-state index contributed by atoms with van der Waals surface area (Å²) >= 11 is 6.20. The average Bonchev–Trinajstić information content (AvgIpc) is 3.71. The summed E-state index contributed by atoms with van der Waals surface area (Å²) in [7, 11) is 0. The fourth-order valence-corrected chi connectivity index (χ4v) is 7.05. The Bertz CT molecular complexity index is 1520. The molecule has 10 nitrogen and oxygen atoms in total. The number of benzene rings is 1. The Labute approximate surface area is 216 Å². The van der Waals surface area contributed by atoms with Gasteiger partial charge in [0.05, 0.1) is 16.3 Å². The molecule has 0 bridgehead atoms. The number of amides is 2. The van der Waals surface area contributed by atoms with E-state index in [1.807, 2.05) is 6.07 Å². The van der Waals surface area contributed by atoms with E-state index in [0.717, 1.165) is 5.56 Å². The van der Waals surface area contributed by atoms with Gasteiger partial charge < -0.3 is 15.7 Å². The zero-order chi connectivity index (χ0) is 26.3. The Morgan fingerprint density at radius 2 is 1.97 bits per heavy atom. The fourth-order valence-electron chi connectivity index (χ4n) is 6.85. The van der Waals surface area contributed by atoms with Crippen LogP contribution in [0, 0.1) is 11.3 Å². The average molecular weight is 522 g/mol. The number of ketones is 1. The number of halogens is 1. The summed E-state index contributed by atoms with van der Waals surface area (Å²) in [6.07, 6.45) is 2.69. The molecule has 0 unspecified atom stereocenters. The van der Waals surface area contributed by atoms with Gasteiger partial charge in [-0.05, 0) is 55.0 Å². The molecule has 3 N–H and O–H groups in total. The number of rotatable bonds is 7. The number of fused-ring (bicyclic) bond motifs is 2. The van der Waals surface area contributed by atoms with Crippen molar-refractivity contribution in [2.75, 3.05) is 0 Å². The predicted molar refractivity (Wildman–Crippen MR) is 132 cm³/mol. The lowest BCUT2D eigenvalue weighted by atomic mass is 9.85. The zero-order valence-corrected chi connectivity index (χ0v) is 20.7. The van der Waals surface area contributed by atoms with Gasteiger partial charge in [-0.25, -0.2) is 14.5 Å². The topological polar surface area (TPSA) is 148 Å². The van der Waals surface area contributed by atoms with E-state index in [-0.39, 0.29) is 36.3 Å². The van der Waals surface area contributed by atoms with Gasteiger partial charge in [-0.2, -0.15) is 5.10 Å². The number of likely N-dealkylation sites (tertiary alicyclic amines) is 1. The van der Waals surface area contributed by atoms with Crippen molar-refractivity contribution < 1.29 is 24.3 Å². The van der Waals surface area contributed by atoms with Gasteiger partial charge in [-0.15, -0.1) is 0 Å². The maximum absolute atomic E-state index is 13.9. The molecular weight excluding hydrogens is 498 g/mol. The largest absolute Gasteiger partial charge is 0.480 e. The van der Waals surface area contributed by atoms with Crippen LogP contribution in [-0.4, -0.2) is 59.9 Å². The number of aliphatic carboxylic acids is 1. The molecule has 190 valence electrons. The summed E-state index contributed by atoms with van der Waals surface area (Å²) in [6, 6.07) is 9.47. The van der Waals surface area contributed by atoms with Gasteiger partial charge in [0.2, 0.25) is 11.8 Å². The monoisotopic (exact) mass is 521 g/mol. The van der Waals surface area contributed by atoms with Gasteiger partial charge in [-0.3, -0.25) is 14.4 Å². The van der Waals surface area contributed by atoms with E-state index in [2.05, 4.69) is 10.1 Å². The highest BCUT2D eigenvalue weighted by Gasteiger charge is 2.85. The molecule has 2 aliphatic carbocycles. The van der Waals surface area contributed by atoms with Crippen molar-refractivity contribution >= 4 is 46.2 Å². The minimum Gasteiger partial charge on any atom is -0.480 e. The van der Waals surface area contributed by atoms with Crippen LogP contribution < -0.4 is 5.73 Å². The van der Waals surface area contributed by atoms with Crippen molar-refractivity contribution in [1.82, 2.24) is 19.7 Å². The summed E-state index contributed by atoms with van der Waals surface area (Å²) in [4.78, 5) is 57.1. The van der Waals surface area contributed by atoms with Crippen molar-refractivity contribution in [2.45, 2.75) is 50.2 Å². The molecule has 2 amide bonds. The molecule has 1 aromatic carbocycles. The van der Waals surface area contributed by atoms with E-state index < -0.39 is 34.8 Å². The van der Waals surface area contributed by atoms with Crippen LogP contribution in [0.15, 0.2) is 42.6 Å². The molecule has 6 rings (SSSR count). The molecule has 1 saturated heterocycles. The number of piperidine rings is 1. The maximum Gasteiger partial charge on any atom is 0.326 e. The summed E-state index contributed by atoms with van der Waals surface area (Å²) in [5.41, 5.74) is 5.31. The van der Waals surface area contributed by atoms with Crippen LogP contribution in [0.1, 0.15) is 48.2 Å². The highest BCUT2D eigenvalue weighted by Crippen LogP contribution is 2.78. The van der Waals surface area contributed by atoms with Gasteiger partial charge >= 0.3 is 5.97 Å². The molecule has 11 heteroatoms. The lowest BCUT2D eigenvalue weighted by Crippen LogP contribution is -2.56. The second kappa shape index (κ2) is 7.85. The first kappa shape index (κ1) is 23.6. The molecule has 5 atom stereocenters. The fraction of sp³-hybridized carbons (Fsp3) is 0.385. The van der Waals surface area contributed by atoms with Crippen LogP contribution in [0.25, 0.3) is 11.0 Å². The number of pyridine rings is 1. The molecule has 3 fully saturated rings. The van der Waals surface area contributed by atoms with Crippen LogP contribution in [0.2, 0.25) is 5.02 Å². The molecule has 3 aliphatic rings. The molecule has 37 heavy (non-hydrogen) atoms. The van der Waals surface area contributed by atoms with Gasteiger partial charge in [0.25, 0.3) is 0 Å². The minimum atomic E-state index is -1.13. The SMILES string of the molecule is CC(=O)c1nn(CC(=O)N2[C@H](C(=O)O)C[C@H]3C[C@@]32[C@]2(C(N)=O)C[C@@H]2c2cccc(Cl)c2)c2ncccc12. The maximum atomic E-state index is 13.9. The van der Waals surface area contributed by atoms with Crippen molar-refractivity contribution in [3.63, 3.8) is 0 Å². The van der Waals surface area contributed by atoms with Crippen molar-refractivity contribution in [3.05, 3.63) is 58.9 Å². The Kier molecular flexibility index (Phi) is 5.01. The van der Waals surface area contributed by atoms with E-state index in [9.17, 15) is 24.3 Å². The third kappa shape index (κ3) is 3.18. The highest BCUT2D eigenvalue weighted by molar-refractivity contribution is 6.30. The number of nitrogens with two attached hydrogens (primary N) is 1. The third-order valence-corrected chi connectivity index (χ3v) is 8.66. The lowest BCUT2D eigenvalue weighted by Gasteiger charge is -2.37. The third-order valence-electron chi connectivity index (χ3n) is 8.43. The van der Waals surface area contributed by atoms with Crippen LogP contribution in [0.4, 0.5) is 0 Å². The number of Topliss-reactive ketones (excluding diaryl/α,β-unsaturated/α-hetero) is 1. The molecule has 1 aliphatic heterocycles. The number of carboxylic acids is 1. The van der Waals surface area contributed by atoms with E-state index in [0.29, 0.717) is 28.9 Å². The molecule has 2 saturated carbocycles. The van der Waals surface area contributed by atoms with Gasteiger partial charge in [0.1, 0.15) is 18.3 Å². The van der Waals surface area contributed by atoms with Gasteiger partial charge in [-0.1, -0.05) is 23.7 Å². The Morgan fingerprint density at radius 1 is 1.19 bits per heavy atom. The van der Waals surface area contributed by atoms with Crippen molar-refractivity contribution in [3.8, 4) is 0 Å². The Morgan fingerprint density at radius 3 is 2.65 bits per heavy atom. The molecule has 3 aromatic rings. The van der Waals surface area contributed by atoms with E-state index in [4.69, 9.17) is 17.3 Å². The number of carbonyl (C=O) groups excluding carboxylic acids is 3. The van der Waals surface area contributed by atoms with Crippen molar-refractivity contribution in [1.29, 1.82) is 0 Å². The van der Waals surface area contributed by atoms with Crippen LogP contribution >= 0.6 is 11.6 Å². The molecular formula is C26H24ClN5O5.